The maximum absolute atomic E-state index is 12.6. The second kappa shape index (κ2) is 10.7. The Labute approximate surface area is 159 Å². The highest BCUT2D eigenvalue weighted by molar-refractivity contribution is 5.81. The molecule has 0 aliphatic heterocycles. The van der Waals surface area contributed by atoms with E-state index in [4.69, 9.17) is 0 Å². The molecule has 0 aromatic heterocycles. The van der Waals surface area contributed by atoms with Gasteiger partial charge in [0.05, 0.1) is 6.54 Å². The number of guanidine groups is 1. The van der Waals surface area contributed by atoms with Crippen LogP contribution in [0.5, 0.6) is 5.75 Å². The van der Waals surface area contributed by atoms with Crippen LogP contribution in [0.3, 0.4) is 0 Å². The monoisotopic (exact) mass is 384 g/mol. The van der Waals surface area contributed by atoms with Crippen molar-refractivity contribution in [2.45, 2.75) is 47.8 Å². The Morgan fingerprint density at radius 1 is 1.19 bits per heavy atom. The molecule has 1 rings (SSSR count). The number of rotatable bonds is 8. The van der Waals surface area contributed by atoms with Crippen molar-refractivity contribution in [2.24, 2.45) is 10.4 Å². The van der Waals surface area contributed by atoms with Crippen LogP contribution < -0.4 is 20.7 Å². The lowest BCUT2D eigenvalue weighted by molar-refractivity contribution is -0.128. The number of nitrogens with zero attached hydrogens (tertiary/aromatic N) is 1. The van der Waals surface area contributed by atoms with Crippen LogP contribution in [0, 0.1) is 12.3 Å². The van der Waals surface area contributed by atoms with Gasteiger partial charge in [0.1, 0.15) is 5.75 Å². The van der Waals surface area contributed by atoms with E-state index in [1.165, 1.54) is 6.07 Å². The number of ether oxygens (including phenoxy) is 1. The van der Waals surface area contributed by atoms with Crippen LogP contribution in [0.1, 0.15) is 38.8 Å². The van der Waals surface area contributed by atoms with Crippen LogP contribution in [-0.2, 0) is 11.3 Å². The Balaban J connectivity index is 2.68. The van der Waals surface area contributed by atoms with Gasteiger partial charge in [0.25, 0.3) is 0 Å². The van der Waals surface area contributed by atoms with Gasteiger partial charge in [0.2, 0.25) is 5.91 Å². The molecule has 0 unspecified atom stereocenters. The molecule has 0 atom stereocenters. The number of halogens is 2. The molecule has 0 bridgehead atoms. The number of alkyl halides is 2. The summed E-state index contributed by atoms with van der Waals surface area (Å²) >= 11 is 0. The molecular weight excluding hydrogens is 354 g/mol. The Kier molecular flexibility index (Phi) is 8.97. The first-order valence-corrected chi connectivity index (χ1v) is 8.98. The van der Waals surface area contributed by atoms with E-state index in [0.29, 0.717) is 31.2 Å². The average molecular weight is 384 g/mol. The molecule has 1 aromatic carbocycles. The van der Waals surface area contributed by atoms with Crippen molar-refractivity contribution in [2.75, 3.05) is 19.6 Å². The Bertz CT molecular complexity index is 643. The maximum atomic E-state index is 12.6. The van der Waals surface area contributed by atoms with Crippen LogP contribution in [0.15, 0.2) is 23.2 Å². The number of benzene rings is 1. The van der Waals surface area contributed by atoms with Gasteiger partial charge >= 0.3 is 6.61 Å². The highest BCUT2D eigenvalue weighted by Crippen LogP contribution is 2.22. The summed E-state index contributed by atoms with van der Waals surface area (Å²) in [5.41, 5.74) is 1.07. The van der Waals surface area contributed by atoms with Gasteiger partial charge in [-0.1, -0.05) is 38.5 Å². The lowest BCUT2D eigenvalue weighted by atomic mass is 9.96. The number of carbonyl (C=O) groups excluding carboxylic acids is 1. The van der Waals surface area contributed by atoms with E-state index in [1.807, 2.05) is 34.6 Å². The molecular formula is C19H30F2N4O2. The average Bonchev–Trinajstić information content (AvgIpc) is 2.57. The first-order valence-electron chi connectivity index (χ1n) is 8.98. The van der Waals surface area contributed by atoms with Crippen molar-refractivity contribution in [3.8, 4) is 5.75 Å². The summed E-state index contributed by atoms with van der Waals surface area (Å²) in [5, 5.41) is 9.04. The normalized spacial score (nSPS) is 12.1. The second-order valence-corrected chi connectivity index (χ2v) is 7.12. The molecule has 0 radical (unpaired) electrons. The minimum atomic E-state index is -2.88. The van der Waals surface area contributed by atoms with Gasteiger partial charge in [-0.2, -0.15) is 8.78 Å². The Morgan fingerprint density at radius 3 is 2.44 bits per heavy atom. The van der Waals surface area contributed by atoms with Crippen molar-refractivity contribution in [3.63, 3.8) is 0 Å². The largest absolute Gasteiger partial charge is 0.434 e. The van der Waals surface area contributed by atoms with Gasteiger partial charge in [-0.15, -0.1) is 0 Å². The first-order chi connectivity index (χ1) is 12.6. The van der Waals surface area contributed by atoms with E-state index in [0.717, 1.165) is 5.56 Å². The topological polar surface area (TPSA) is 74.8 Å². The molecule has 27 heavy (non-hydrogen) atoms. The highest BCUT2D eigenvalue weighted by atomic mass is 19.3. The van der Waals surface area contributed by atoms with Gasteiger partial charge in [0.15, 0.2) is 5.96 Å². The molecule has 1 aromatic rings. The fraction of sp³-hybridized carbons (Fsp3) is 0.579. The number of amides is 1. The fourth-order valence-corrected chi connectivity index (χ4v) is 2.17. The molecule has 0 saturated heterocycles. The molecule has 3 N–H and O–H groups in total. The predicted octanol–water partition coefficient (Wildman–Crippen LogP) is 2.81. The zero-order chi connectivity index (χ0) is 20.4. The fourth-order valence-electron chi connectivity index (χ4n) is 2.17. The molecule has 0 heterocycles. The molecule has 6 nitrogen and oxygen atoms in total. The lowest BCUT2D eigenvalue weighted by Gasteiger charge is -2.18. The van der Waals surface area contributed by atoms with Crippen LogP contribution in [0.25, 0.3) is 0 Å². The van der Waals surface area contributed by atoms with Crippen LogP contribution in [0.2, 0.25) is 0 Å². The molecule has 0 fully saturated rings. The summed E-state index contributed by atoms with van der Waals surface area (Å²) < 4.78 is 29.7. The number of hydrogen-bond donors (Lipinski definition) is 3. The quantitative estimate of drug-likeness (QED) is 0.366. The number of aryl methyl sites for hydroxylation is 1. The van der Waals surface area contributed by atoms with E-state index in [2.05, 4.69) is 25.7 Å². The zero-order valence-corrected chi connectivity index (χ0v) is 16.7. The third-order valence-corrected chi connectivity index (χ3v) is 3.57. The summed E-state index contributed by atoms with van der Waals surface area (Å²) in [6.07, 6.45) is 0. The van der Waals surface area contributed by atoms with Crippen molar-refractivity contribution in [1.82, 2.24) is 16.0 Å². The molecule has 0 saturated carbocycles. The SMILES string of the molecule is CCNC(=NCc1cc(C)ccc1OC(F)F)NCCNC(=O)C(C)(C)C. The zero-order valence-electron chi connectivity index (χ0n) is 16.7. The Hall–Kier alpha value is -2.38. The third-order valence-electron chi connectivity index (χ3n) is 3.57. The third kappa shape index (κ3) is 8.70. The number of nitrogens with one attached hydrogen (secondary N) is 3. The van der Waals surface area contributed by atoms with E-state index in [-0.39, 0.29) is 18.2 Å². The molecule has 152 valence electrons. The highest BCUT2D eigenvalue weighted by Gasteiger charge is 2.20. The summed E-state index contributed by atoms with van der Waals surface area (Å²) in [5.74, 6) is 0.624. The van der Waals surface area contributed by atoms with Crippen molar-refractivity contribution in [3.05, 3.63) is 29.3 Å². The van der Waals surface area contributed by atoms with Crippen LogP contribution in [-0.4, -0.2) is 38.1 Å². The Morgan fingerprint density at radius 2 is 1.85 bits per heavy atom. The standard InChI is InChI=1S/C19H30F2N4O2/c1-6-22-18(24-10-9-23-16(26)19(3,4)5)25-12-14-11-13(2)7-8-15(14)27-17(20)21/h7-8,11,17H,6,9-10,12H2,1-5H3,(H,23,26)(H2,22,24,25). The van der Waals surface area contributed by atoms with Gasteiger partial charge in [-0.25, -0.2) is 4.99 Å². The van der Waals surface area contributed by atoms with Crippen molar-refractivity contribution < 1.29 is 18.3 Å². The number of aliphatic imine (C=N–C) groups is 1. The van der Waals surface area contributed by atoms with E-state index >= 15 is 0 Å². The molecule has 0 spiro atoms. The first kappa shape index (κ1) is 22.7. The minimum Gasteiger partial charge on any atom is -0.434 e. The van der Waals surface area contributed by atoms with Gasteiger partial charge < -0.3 is 20.7 Å². The molecule has 1 amide bonds. The van der Waals surface area contributed by atoms with Crippen LogP contribution >= 0.6 is 0 Å². The molecule has 0 aliphatic rings. The van der Waals surface area contributed by atoms with Crippen molar-refractivity contribution >= 4 is 11.9 Å². The van der Waals surface area contributed by atoms with Gasteiger partial charge in [0, 0.05) is 30.6 Å². The maximum Gasteiger partial charge on any atom is 0.387 e. The van der Waals surface area contributed by atoms with Gasteiger partial charge in [-0.3, -0.25) is 4.79 Å². The van der Waals surface area contributed by atoms with E-state index in [9.17, 15) is 13.6 Å². The van der Waals surface area contributed by atoms with Crippen LogP contribution in [0.4, 0.5) is 8.78 Å². The van der Waals surface area contributed by atoms with Crippen molar-refractivity contribution in [1.29, 1.82) is 0 Å². The van der Waals surface area contributed by atoms with E-state index in [1.54, 1.807) is 12.1 Å². The minimum absolute atomic E-state index is 0.0280. The summed E-state index contributed by atoms with van der Waals surface area (Å²) in [4.78, 5) is 16.3. The van der Waals surface area contributed by atoms with Gasteiger partial charge in [-0.05, 0) is 19.9 Å². The summed E-state index contributed by atoms with van der Waals surface area (Å²) in [6, 6.07) is 5.01. The second-order valence-electron chi connectivity index (χ2n) is 7.12. The summed E-state index contributed by atoms with van der Waals surface area (Å²) in [7, 11) is 0. The smallest absolute Gasteiger partial charge is 0.387 e. The van der Waals surface area contributed by atoms with E-state index < -0.39 is 12.0 Å². The number of carbonyl (C=O) groups is 1. The molecule has 0 aliphatic carbocycles. The summed E-state index contributed by atoms with van der Waals surface area (Å²) in [6.45, 7) is 8.24. The number of hydrogen-bond acceptors (Lipinski definition) is 3. The molecule has 8 heteroatoms. The predicted molar refractivity (Wildman–Crippen MR) is 103 cm³/mol. The lowest BCUT2D eigenvalue weighted by Crippen LogP contribution is -2.43.